The predicted molar refractivity (Wildman–Crippen MR) is 64.6 cm³/mol. The van der Waals surface area contributed by atoms with Crippen LogP contribution in [0.5, 0.6) is 0 Å². The van der Waals surface area contributed by atoms with Gasteiger partial charge in [-0.3, -0.25) is 0 Å². The fourth-order valence-electron chi connectivity index (χ4n) is 1.25. The van der Waals surface area contributed by atoms with Gasteiger partial charge in [0.15, 0.2) is 0 Å². The minimum absolute atomic E-state index is 0.610. The van der Waals surface area contributed by atoms with Gasteiger partial charge < -0.3 is 4.90 Å². The average molecular weight is 232 g/mol. The third kappa shape index (κ3) is 3.07. The summed E-state index contributed by atoms with van der Waals surface area (Å²) in [6.45, 7) is 3.23. The third-order valence-corrected chi connectivity index (χ3v) is 2.93. The molecule has 0 spiro atoms. The molecule has 0 saturated carbocycles. The Kier molecular flexibility index (Phi) is 4.56. The van der Waals surface area contributed by atoms with Crippen molar-refractivity contribution in [1.82, 2.24) is 0 Å². The van der Waals surface area contributed by atoms with Crippen molar-refractivity contribution in [2.45, 2.75) is 19.8 Å². The quantitative estimate of drug-likeness (QED) is 0.750. The molecule has 0 atom stereocenters. The summed E-state index contributed by atoms with van der Waals surface area (Å²) in [5, 5.41) is 1.23. The van der Waals surface area contributed by atoms with E-state index in [1.807, 2.05) is 18.2 Å². The summed E-state index contributed by atoms with van der Waals surface area (Å²) in [6.07, 6.45) is 2.39. The van der Waals surface area contributed by atoms with Gasteiger partial charge >= 0.3 is 0 Å². The van der Waals surface area contributed by atoms with Crippen molar-refractivity contribution in [3.8, 4) is 0 Å². The Balaban J connectivity index is 2.70. The van der Waals surface area contributed by atoms with E-state index >= 15 is 0 Å². The Morgan fingerprint density at radius 1 is 1.21 bits per heavy atom. The van der Waals surface area contributed by atoms with Gasteiger partial charge in [-0.25, -0.2) is 0 Å². The molecule has 0 bridgehead atoms. The van der Waals surface area contributed by atoms with Gasteiger partial charge in [-0.1, -0.05) is 36.5 Å². The van der Waals surface area contributed by atoms with Crippen molar-refractivity contribution in [1.29, 1.82) is 0 Å². The molecule has 0 aliphatic heterocycles. The molecule has 0 radical (unpaired) electrons. The van der Waals surface area contributed by atoms with E-state index < -0.39 is 0 Å². The summed E-state index contributed by atoms with van der Waals surface area (Å²) in [6, 6.07) is 5.73. The van der Waals surface area contributed by atoms with Crippen LogP contribution in [0, 0.1) is 0 Å². The summed E-state index contributed by atoms with van der Waals surface area (Å²) in [4.78, 5) is 2.19. The van der Waals surface area contributed by atoms with E-state index in [0.29, 0.717) is 10.0 Å². The zero-order valence-corrected chi connectivity index (χ0v) is 10.1. The van der Waals surface area contributed by atoms with Crippen LogP contribution in [0.25, 0.3) is 0 Å². The normalized spacial score (nSPS) is 10.3. The molecule has 1 aromatic carbocycles. The number of halogens is 2. The lowest BCUT2D eigenvalue weighted by molar-refractivity contribution is 0.767. The molecule has 1 rings (SSSR count). The molecular formula is C11H15Cl2N. The number of anilines is 1. The Morgan fingerprint density at radius 3 is 2.50 bits per heavy atom. The van der Waals surface area contributed by atoms with Gasteiger partial charge in [-0.2, -0.15) is 0 Å². The van der Waals surface area contributed by atoms with Crippen LogP contribution in [0.15, 0.2) is 18.2 Å². The molecule has 0 fully saturated rings. The van der Waals surface area contributed by atoms with E-state index in [9.17, 15) is 0 Å². The highest BCUT2D eigenvalue weighted by Gasteiger charge is 2.03. The zero-order chi connectivity index (χ0) is 10.6. The first-order valence-electron chi connectivity index (χ1n) is 4.81. The number of rotatable bonds is 4. The first-order valence-corrected chi connectivity index (χ1v) is 5.57. The minimum atomic E-state index is 0.610. The maximum Gasteiger partial charge on any atom is 0.0612 e. The first-order chi connectivity index (χ1) is 6.65. The van der Waals surface area contributed by atoms with Gasteiger partial charge in [0.1, 0.15) is 0 Å². The maximum atomic E-state index is 5.93. The van der Waals surface area contributed by atoms with E-state index in [2.05, 4.69) is 18.9 Å². The molecule has 0 heterocycles. The average Bonchev–Trinajstić information content (AvgIpc) is 2.18. The van der Waals surface area contributed by atoms with Gasteiger partial charge in [0.2, 0.25) is 0 Å². The van der Waals surface area contributed by atoms with E-state index in [0.717, 1.165) is 12.2 Å². The van der Waals surface area contributed by atoms with Gasteiger partial charge in [0.25, 0.3) is 0 Å². The topological polar surface area (TPSA) is 3.24 Å². The van der Waals surface area contributed by atoms with Crippen LogP contribution < -0.4 is 4.90 Å². The fraction of sp³-hybridized carbons (Fsp3) is 0.455. The second-order valence-electron chi connectivity index (χ2n) is 3.37. The third-order valence-electron chi connectivity index (χ3n) is 2.19. The molecule has 78 valence electrons. The molecule has 0 saturated heterocycles. The van der Waals surface area contributed by atoms with Crippen molar-refractivity contribution in [2.24, 2.45) is 0 Å². The summed E-state index contributed by atoms with van der Waals surface area (Å²) >= 11 is 11.8. The van der Waals surface area contributed by atoms with E-state index in [4.69, 9.17) is 23.2 Å². The molecule has 1 aromatic rings. The number of nitrogens with zero attached hydrogens (tertiary/aromatic N) is 1. The van der Waals surface area contributed by atoms with E-state index in [1.54, 1.807) is 0 Å². The minimum Gasteiger partial charge on any atom is -0.375 e. The second-order valence-corrected chi connectivity index (χ2v) is 4.19. The zero-order valence-electron chi connectivity index (χ0n) is 8.56. The molecule has 3 heteroatoms. The van der Waals surface area contributed by atoms with Crippen LogP contribution >= 0.6 is 23.2 Å². The van der Waals surface area contributed by atoms with Crippen LogP contribution in [0.3, 0.4) is 0 Å². The largest absolute Gasteiger partial charge is 0.375 e. The van der Waals surface area contributed by atoms with Crippen molar-refractivity contribution in [2.75, 3.05) is 18.5 Å². The van der Waals surface area contributed by atoms with Crippen LogP contribution in [-0.4, -0.2) is 13.6 Å². The summed E-state index contributed by atoms with van der Waals surface area (Å²) in [7, 11) is 2.06. The Hall–Kier alpha value is -0.400. The van der Waals surface area contributed by atoms with Gasteiger partial charge in [0.05, 0.1) is 10.0 Å². The Bertz CT molecular complexity index is 299. The van der Waals surface area contributed by atoms with Gasteiger partial charge in [-0.15, -0.1) is 0 Å². The number of hydrogen-bond acceptors (Lipinski definition) is 1. The molecule has 1 nitrogen and oxygen atoms in total. The van der Waals surface area contributed by atoms with Crippen molar-refractivity contribution in [3.05, 3.63) is 28.2 Å². The highest BCUT2D eigenvalue weighted by molar-refractivity contribution is 6.42. The first kappa shape index (κ1) is 11.7. The molecule has 0 amide bonds. The van der Waals surface area contributed by atoms with E-state index in [1.165, 1.54) is 12.8 Å². The molecule has 0 aliphatic carbocycles. The standard InChI is InChI=1S/C11H15Cl2N/c1-3-4-7-14(2)9-5-6-10(12)11(13)8-9/h5-6,8H,3-4,7H2,1-2H3. The molecule has 0 aliphatic rings. The van der Waals surface area contributed by atoms with Crippen LogP contribution in [0.2, 0.25) is 10.0 Å². The summed E-state index contributed by atoms with van der Waals surface area (Å²) in [5.74, 6) is 0. The molecule has 0 aromatic heterocycles. The number of hydrogen-bond donors (Lipinski definition) is 0. The maximum absolute atomic E-state index is 5.93. The van der Waals surface area contributed by atoms with Crippen molar-refractivity contribution < 1.29 is 0 Å². The SMILES string of the molecule is CCCCN(C)c1ccc(Cl)c(Cl)c1. The number of unbranched alkanes of at least 4 members (excludes halogenated alkanes) is 1. The molecule has 0 unspecified atom stereocenters. The summed E-state index contributed by atoms with van der Waals surface area (Å²) < 4.78 is 0. The Morgan fingerprint density at radius 2 is 1.93 bits per heavy atom. The molecular weight excluding hydrogens is 217 g/mol. The molecule has 14 heavy (non-hydrogen) atoms. The van der Waals surface area contributed by atoms with Crippen LogP contribution in [0.4, 0.5) is 5.69 Å². The Labute approximate surface area is 95.6 Å². The van der Waals surface area contributed by atoms with Crippen LogP contribution in [-0.2, 0) is 0 Å². The van der Waals surface area contributed by atoms with Crippen molar-refractivity contribution >= 4 is 28.9 Å². The summed E-state index contributed by atoms with van der Waals surface area (Å²) in [5.41, 5.74) is 1.12. The monoisotopic (exact) mass is 231 g/mol. The fourth-order valence-corrected chi connectivity index (χ4v) is 1.54. The number of benzene rings is 1. The second kappa shape index (κ2) is 5.47. The van der Waals surface area contributed by atoms with Gasteiger partial charge in [0, 0.05) is 19.3 Å². The highest BCUT2D eigenvalue weighted by Crippen LogP contribution is 2.26. The highest BCUT2D eigenvalue weighted by atomic mass is 35.5. The van der Waals surface area contributed by atoms with Crippen LogP contribution in [0.1, 0.15) is 19.8 Å². The predicted octanol–water partition coefficient (Wildman–Crippen LogP) is 4.23. The molecule has 0 N–H and O–H groups in total. The smallest absolute Gasteiger partial charge is 0.0612 e. The lowest BCUT2D eigenvalue weighted by atomic mass is 10.2. The lowest BCUT2D eigenvalue weighted by Gasteiger charge is -2.19. The van der Waals surface area contributed by atoms with Crippen molar-refractivity contribution in [3.63, 3.8) is 0 Å². The van der Waals surface area contributed by atoms with Gasteiger partial charge in [-0.05, 0) is 24.6 Å². The lowest BCUT2D eigenvalue weighted by Crippen LogP contribution is -2.17. The van der Waals surface area contributed by atoms with E-state index in [-0.39, 0.29) is 0 Å².